The number of aromatic nitrogens is 1. The van der Waals surface area contributed by atoms with Gasteiger partial charge in [-0.3, -0.25) is 14.0 Å². The average Bonchev–Trinajstić information content (AvgIpc) is 3.23. The van der Waals surface area contributed by atoms with Crippen molar-refractivity contribution in [1.29, 1.82) is 0 Å². The minimum Gasteiger partial charge on any atom is -0.287 e. The summed E-state index contributed by atoms with van der Waals surface area (Å²) in [4.78, 5) is 18.3. The summed E-state index contributed by atoms with van der Waals surface area (Å²) in [6.07, 6.45) is 1.61. The molecule has 0 aliphatic heterocycles. The van der Waals surface area contributed by atoms with Crippen molar-refractivity contribution in [2.24, 2.45) is 0 Å². The summed E-state index contributed by atoms with van der Waals surface area (Å²) in [7, 11) is -2.17. The SMILES string of the molecule is CCN(c1ccccc1)S(=O)(=O)c1cccc(C(=O)N(C)c2nccs2)c1. The lowest BCUT2D eigenvalue weighted by molar-refractivity contribution is 0.0992. The molecule has 0 fully saturated rings. The number of carbonyl (C=O) groups excluding carboxylic acids is 1. The summed E-state index contributed by atoms with van der Waals surface area (Å²) in [6, 6.07) is 15.0. The highest BCUT2D eigenvalue weighted by Gasteiger charge is 2.25. The normalized spacial score (nSPS) is 11.2. The van der Waals surface area contributed by atoms with Gasteiger partial charge in [0.15, 0.2) is 5.13 Å². The third-order valence-electron chi connectivity index (χ3n) is 4.01. The second kappa shape index (κ2) is 7.89. The van der Waals surface area contributed by atoms with Crippen LogP contribution in [0.2, 0.25) is 0 Å². The average molecular weight is 402 g/mol. The van der Waals surface area contributed by atoms with E-state index in [0.717, 1.165) is 0 Å². The zero-order valence-corrected chi connectivity index (χ0v) is 16.6. The van der Waals surface area contributed by atoms with Crippen molar-refractivity contribution in [3.05, 3.63) is 71.7 Å². The number of carbonyl (C=O) groups is 1. The highest BCUT2D eigenvalue weighted by atomic mass is 32.2. The second-order valence-corrected chi connectivity index (χ2v) is 8.45. The number of hydrogen-bond donors (Lipinski definition) is 0. The molecule has 0 N–H and O–H groups in total. The number of amides is 1. The summed E-state index contributed by atoms with van der Waals surface area (Å²) in [6.45, 7) is 2.05. The topological polar surface area (TPSA) is 70.6 Å². The van der Waals surface area contributed by atoms with Gasteiger partial charge in [-0.05, 0) is 37.3 Å². The van der Waals surface area contributed by atoms with Gasteiger partial charge < -0.3 is 0 Å². The number of sulfonamides is 1. The van der Waals surface area contributed by atoms with Gasteiger partial charge in [0, 0.05) is 30.7 Å². The highest BCUT2D eigenvalue weighted by Crippen LogP contribution is 2.25. The molecule has 3 aromatic rings. The summed E-state index contributed by atoms with van der Waals surface area (Å²) < 4.78 is 27.6. The fraction of sp³-hybridized carbons (Fsp3) is 0.158. The Labute approximate surface area is 162 Å². The molecule has 3 rings (SSSR count). The maximum atomic E-state index is 13.1. The van der Waals surface area contributed by atoms with Crippen molar-refractivity contribution in [2.75, 3.05) is 22.8 Å². The van der Waals surface area contributed by atoms with Gasteiger partial charge in [-0.1, -0.05) is 24.3 Å². The largest absolute Gasteiger partial charge is 0.287 e. The van der Waals surface area contributed by atoms with E-state index in [9.17, 15) is 13.2 Å². The Kier molecular flexibility index (Phi) is 5.57. The van der Waals surface area contributed by atoms with Gasteiger partial charge in [0.2, 0.25) is 0 Å². The summed E-state index contributed by atoms with van der Waals surface area (Å²) >= 11 is 1.34. The number of rotatable bonds is 6. The van der Waals surface area contributed by atoms with E-state index in [4.69, 9.17) is 0 Å². The van der Waals surface area contributed by atoms with Gasteiger partial charge in [-0.25, -0.2) is 13.4 Å². The van der Waals surface area contributed by atoms with Crippen LogP contribution in [0.1, 0.15) is 17.3 Å². The summed E-state index contributed by atoms with van der Waals surface area (Å²) in [5.74, 6) is -0.315. The number of benzene rings is 2. The second-order valence-electron chi connectivity index (χ2n) is 5.71. The molecule has 0 aliphatic carbocycles. The van der Waals surface area contributed by atoms with Gasteiger partial charge in [-0.15, -0.1) is 11.3 Å². The molecule has 1 amide bonds. The van der Waals surface area contributed by atoms with Crippen molar-refractivity contribution in [1.82, 2.24) is 4.98 Å². The summed E-state index contributed by atoms with van der Waals surface area (Å²) in [5, 5.41) is 2.33. The minimum absolute atomic E-state index is 0.0755. The van der Waals surface area contributed by atoms with Crippen molar-refractivity contribution < 1.29 is 13.2 Å². The molecular formula is C19H19N3O3S2. The Morgan fingerprint density at radius 3 is 2.48 bits per heavy atom. The molecule has 2 aromatic carbocycles. The molecule has 0 saturated heterocycles. The monoisotopic (exact) mass is 401 g/mol. The number of anilines is 2. The van der Waals surface area contributed by atoms with Crippen molar-refractivity contribution in [3.63, 3.8) is 0 Å². The van der Waals surface area contributed by atoms with Crippen LogP contribution in [0.3, 0.4) is 0 Å². The molecule has 27 heavy (non-hydrogen) atoms. The van der Waals surface area contributed by atoms with E-state index < -0.39 is 10.0 Å². The van der Waals surface area contributed by atoms with E-state index in [-0.39, 0.29) is 22.9 Å². The molecule has 0 atom stereocenters. The van der Waals surface area contributed by atoms with E-state index in [1.807, 2.05) is 6.07 Å². The molecule has 1 aromatic heterocycles. The molecule has 8 heteroatoms. The third-order valence-corrected chi connectivity index (χ3v) is 6.76. The zero-order chi connectivity index (χ0) is 19.4. The molecule has 0 spiro atoms. The van der Waals surface area contributed by atoms with E-state index in [0.29, 0.717) is 10.8 Å². The first-order chi connectivity index (χ1) is 12.9. The highest BCUT2D eigenvalue weighted by molar-refractivity contribution is 7.92. The Bertz CT molecular complexity index is 1020. The van der Waals surface area contributed by atoms with E-state index >= 15 is 0 Å². The van der Waals surface area contributed by atoms with Crippen LogP contribution in [0, 0.1) is 0 Å². The Balaban J connectivity index is 1.95. The van der Waals surface area contributed by atoms with Crippen LogP contribution >= 0.6 is 11.3 Å². The van der Waals surface area contributed by atoms with Crippen LogP contribution in [0.4, 0.5) is 10.8 Å². The predicted molar refractivity (Wildman–Crippen MR) is 108 cm³/mol. The van der Waals surface area contributed by atoms with Crippen molar-refractivity contribution >= 4 is 38.1 Å². The molecule has 0 aliphatic rings. The fourth-order valence-electron chi connectivity index (χ4n) is 2.66. The first-order valence-corrected chi connectivity index (χ1v) is 10.6. The maximum absolute atomic E-state index is 13.1. The van der Waals surface area contributed by atoms with E-state index in [1.165, 1.54) is 32.7 Å². The van der Waals surface area contributed by atoms with Gasteiger partial charge in [0.1, 0.15) is 0 Å². The summed E-state index contributed by atoms with van der Waals surface area (Å²) in [5.41, 5.74) is 0.870. The van der Waals surface area contributed by atoms with Crippen molar-refractivity contribution in [3.8, 4) is 0 Å². The first-order valence-electron chi connectivity index (χ1n) is 8.30. The van der Waals surface area contributed by atoms with Gasteiger partial charge >= 0.3 is 0 Å². The lowest BCUT2D eigenvalue weighted by atomic mass is 10.2. The fourth-order valence-corrected chi connectivity index (χ4v) is 4.79. The number of thiazole rings is 1. The molecule has 0 unspecified atom stereocenters. The van der Waals surface area contributed by atoms with Crippen LogP contribution < -0.4 is 9.21 Å². The zero-order valence-electron chi connectivity index (χ0n) is 14.9. The van der Waals surface area contributed by atoms with Gasteiger partial charge in [-0.2, -0.15) is 0 Å². The van der Waals surface area contributed by atoms with Crippen LogP contribution in [0.15, 0.2) is 71.1 Å². The molecule has 1 heterocycles. The lowest BCUT2D eigenvalue weighted by Crippen LogP contribution is -2.31. The predicted octanol–water partition coefficient (Wildman–Crippen LogP) is 3.63. The number of nitrogens with zero attached hydrogens (tertiary/aromatic N) is 3. The van der Waals surface area contributed by atoms with E-state index in [2.05, 4.69) is 4.98 Å². The molecule has 0 bridgehead atoms. The molecule has 140 valence electrons. The standard InChI is InChI=1S/C19H19N3O3S2/c1-3-22(16-9-5-4-6-10-16)27(24,25)17-11-7-8-15(14-17)18(23)21(2)19-20-12-13-26-19/h4-14H,3H2,1-2H3. The smallest absolute Gasteiger partial charge is 0.264 e. The molecule has 0 saturated carbocycles. The Morgan fingerprint density at radius 1 is 1.11 bits per heavy atom. The Hall–Kier alpha value is -2.71. The van der Waals surface area contributed by atoms with E-state index in [1.54, 1.807) is 61.9 Å². The quantitative estimate of drug-likeness (QED) is 0.632. The first kappa shape index (κ1) is 19.1. The van der Waals surface area contributed by atoms with Crippen LogP contribution in [-0.2, 0) is 10.0 Å². The molecular weight excluding hydrogens is 382 g/mol. The van der Waals surface area contributed by atoms with Crippen LogP contribution in [-0.4, -0.2) is 32.9 Å². The maximum Gasteiger partial charge on any atom is 0.264 e. The molecule has 6 nitrogen and oxygen atoms in total. The number of hydrogen-bond acceptors (Lipinski definition) is 5. The van der Waals surface area contributed by atoms with Crippen LogP contribution in [0.25, 0.3) is 0 Å². The number of para-hydroxylation sites is 1. The van der Waals surface area contributed by atoms with Gasteiger partial charge in [0.05, 0.1) is 10.6 Å². The molecule has 0 radical (unpaired) electrons. The van der Waals surface area contributed by atoms with Crippen LogP contribution in [0.5, 0.6) is 0 Å². The Morgan fingerprint density at radius 2 is 1.85 bits per heavy atom. The minimum atomic E-state index is -3.79. The van der Waals surface area contributed by atoms with Gasteiger partial charge in [0.25, 0.3) is 15.9 Å². The van der Waals surface area contributed by atoms with Crippen molar-refractivity contribution in [2.45, 2.75) is 11.8 Å². The lowest BCUT2D eigenvalue weighted by Gasteiger charge is -2.23. The third kappa shape index (κ3) is 3.86.